The van der Waals surface area contributed by atoms with Gasteiger partial charge >= 0.3 is 5.97 Å². The maximum atomic E-state index is 11.5. The number of aromatic nitrogens is 4. The van der Waals surface area contributed by atoms with Crippen LogP contribution in [-0.4, -0.2) is 42.7 Å². The fraction of sp³-hybridized carbons (Fsp3) is 0. The highest BCUT2D eigenvalue weighted by molar-refractivity contribution is 6.02. The van der Waals surface area contributed by atoms with Gasteiger partial charge in [-0.3, -0.25) is 4.79 Å². The van der Waals surface area contributed by atoms with Crippen molar-refractivity contribution in [1.29, 1.82) is 0 Å². The molecular weight excluding hydrogens is 242 g/mol. The fourth-order valence-corrected chi connectivity index (χ4v) is 1.21. The molecule has 2 rings (SSSR count). The number of hydrogen-bond donors (Lipinski definition) is 4. The number of nitrogens with one attached hydrogen (secondary N) is 2. The summed E-state index contributed by atoms with van der Waals surface area (Å²) in [7, 11) is 0. The number of carbonyl (C=O) groups excluding carboxylic acids is 1. The first-order valence-corrected chi connectivity index (χ1v) is 4.69. The number of phenolic OH excluding ortho intramolecular Hbond substituents is 1. The Bertz CT molecular complexity index is 595. The largest absolute Gasteiger partial charge is 0.506 e. The van der Waals surface area contributed by atoms with Crippen molar-refractivity contribution in [3.05, 3.63) is 29.6 Å². The van der Waals surface area contributed by atoms with Crippen molar-refractivity contribution in [2.45, 2.75) is 0 Å². The third-order valence-corrected chi connectivity index (χ3v) is 2.04. The van der Waals surface area contributed by atoms with Gasteiger partial charge in [0, 0.05) is 0 Å². The van der Waals surface area contributed by atoms with Crippen LogP contribution in [0.15, 0.2) is 18.2 Å². The monoisotopic (exact) mass is 249 g/mol. The molecule has 0 saturated carbocycles. The van der Waals surface area contributed by atoms with Crippen LogP contribution >= 0.6 is 0 Å². The summed E-state index contributed by atoms with van der Waals surface area (Å²) >= 11 is 0. The van der Waals surface area contributed by atoms with E-state index < -0.39 is 11.9 Å². The third-order valence-electron chi connectivity index (χ3n) is 2.04. The number of phenols is 1. The molecule has 4 N–H and O–H groups in total. The van der Waals surface area contributed by atoms with Gasteiger partial charge in [0.2, 0.25) is 0 Å². The number of carbonyl (C=O) groups is 2. The topological polar surface area (TPSA) is 141 Å². The van der Waals surface area contributed by atoms with Crippen molar-refractivity contribution in [3.8, 4) is 5.75 Å². The van der Waals surface area contributed by atoms with Gasteiger partial charge in [0.25, 0.3) is 11.7 Å². The smallest absolute Gasteiger partial charge is 0.335 e. The fourth-order valence-electron chi connectivity index (χ4n) is 1.21. The number of benzene rings is 1. The summed E-state index contributed by atoms with van der Waals surface area (Å²) in [5.74, 6) is -2.42. The van der Waals surface area contributed by atoms with Gasteiger partial charge in [0.1, 0.15) is 5.75 Å². The maximum absolute atomic E-state index is 11.5. The molecule has 0 spiro atoms. The molecule has 1 amide bonds. The molecule has 9 heteroatoms. The zero-order valence-electron chi connectivity index (χ0n) is 8.78. The second kappa shape index (κ2) is 4.49. The van der Waals surface area contributed by atoms with E-state index in [4.69, 9.17) is 5.11 Å². The number of anilines is 1. The first-order chi connectivity index (χ1) is 8.58. The van der Waals surface area contributed by atoms with Crippen molar-refractivity contribution in [3.63, 3.8) is 0 Å². The minimum Gasteiger partial charge on any atom is -0.506 e. The molecule has 0 aliphatic heterocycles. The lowest BCUT2D eigenvalue weighted by Gasteiger charge is -2.05. The van der Waals surface area contributed by atoms with Gasteiger partial charge in [0.05, 0.1) is 11.3 Å². The van der Waals surface area contributed by atoms with E-state index in [-0.39, 0.29) is 22.8 Å². The van der Waals surface area contributed by atoms with E-state index in [1.807, 2.05) is 0 Å². The average Bonchev–Trinajstić information content (AvgIpc) is 2.85. The number of nitrogens with zero attached hydrogens (tertiary/aromatic N) is 3. The number of carboxylic acid groups (broad SMARTS) is 1. The summed E-state index contributed by atoms with van der Waals surface area (Å²) in [4.78, 5) is 22.2. The Kier molecular flexibility index (Phi) is 2.87. The van der Waals surface area contributed by atoms with E-state index in [1.54, 1.807) is 0 Å². The summed E-state index contributed by atoms with van der Waals surface area (Å²) < 4.78 is 0. The van der Waals surface area contributed by atoms with Crippen molar-refractivity contribution in [2.75, 3.05) is 5.32 Å². The Morgan fingerprint density at radius 1 is 1.33 bits per heavy atom. The Morgan fingerprint density at radius 2 is 2.11 bits per heavy atom. The molecule has 1 aromatic heterocycles. The number of carboxylic acids is 1. The van der Waals surface area contributed by atoms with Gasteiger partial charge in [-0.05, 0) is 23.4 Å². The molecule has 1 heterocycles. The van der Waals surface area contributed by atoms with Gasteiger partial charge in [0.15, 0.2) is 0 Å². The molecule has 0 aliphatic rings. The van der Waals surface area contributed by atoms with E-state index in [1.165, 1.54) is 12.1 Å². The molecule has 0 bridgehead atoms. The molecule has 9 nitrogen and oxygen atoms in total. The summed E-state index contributed by atoms with van der Waals surface area (Å²) in [5, 5.41) is 32.8. The van der Waals surface area contributed by atoms with Crippen molar-refractivity contribution >= 4 is 17.6 Å². The van der Waals surface area contributed by atoms with Crippen LogP contribution in [0.1, 0.15) is 21.0 Å². The van der Waals surface area contributed by atoms with Gasteiger partial charge in [-0.2, -0.15) is 5.21 Å². The number of rotatable bonds is 3. The van der Waals surface area contributed by atoms with Crippen molar-refractivity contribution in [2.24, 2.45) is 0 Å². The van der Waals surface area contributed by atoms with Gasteiger partial charge < -0.3 is 15.5 Å². The molecule has 2 aromatic rings. The minimum absolute atomic E-state index is 0.0507. The van der Waals surface area contributed by atoms with E-state index in [9.17, 15) is 14.7 Å². The number of amides is 1. The van der Waals surface area contributed by atoms with Gasteiger partial charge in [-0.1, -0.05) is 0 Å². The van der Waals surface area contributed by atoms with E-state index in [2.05, 4.69) is 25.9 Å². The van der Waals surface area contributed by atoms with Crippen LogP contribution in [0.25, 0.3) is 0 Å². The molecule has 92 valence electrons. The Morgan fingerprint density at radius 3 is 2.67 bits per heavy atom. The Labute approximate surface area is 99.5 Å². The molecule has 0 fully saturated rings. The maximum Gasteiger partial charge on any atom is 0.335 e. The second-order valence-corrected chi connectivity index (χ2v) is 3.23. The number of H-pyrrole nitrogens is 1. The van der Waals surface area contributed by atoms with Crippen molar-refractivity contribution < 1.29 is 19.8 Å². The second-order valence-electron chi connectivity index (χ2n) is 3.23. The Balaban J connectivity index is 2.20. The lowest BCUT2D eigenvalue weighted by molar-refractivity contribution is 0.0696. The highest BCUT2D eigenvalue weighted by atomic mass is 16.4. The molecule has 0 aliphatic carbocycles. The normalized spacial score (nSPS) is 10.0. The number of aromatic amines is 1. The van der Waals surface area contributed by atoms with Crippen LogP contribution in [0.3, 0.4) is 0 Å². The lowest BCUT2D eigenvalue weighted by atomic mass is 10.2. The molecule has 0 atom stereocenters. The SMILES string of the molecule is O=C(O)c1ccc(NC(=O)c2nn[nH]n2)c(O)c1. The minimum atomic E-state index is -1.18. The zero-order chi connectivity index (χ0) is 13.1. The van der Waals surface area contributed by atoms with Crippen LogP contribution in [0, 0.1) is 0 Å². The number of tetrazole rings is 1. The number of aromatic hydroxyl groups is 1. The van der Waals surface area contributed by atoms with E-state index >= 15 is 0 Å². The Hall–Kier alpha value is -2.97. The summed E-state index contributed by atoms with van der Waals surface area (Å²) in [6.07, 6.45) is 0. The van der Waals surface area contributed by atoms with Gasteiger partial charge in [-0.15, -0.1) is 10.2 Å². The predicted molar refractivity (Wildman–Crippen MR) is 57.2 cm³/mol. The summed E-state index contributed by atoms with van der Waals surface area (Å²) in [6, 6.07) is 3.53. The van der Waals surface area contributed by atoms with Crippen LogP contribution in [0.5, 0.6) is 5.75 Å². The quantitative estimate of drug-likeness (QED) is 0.554. The number of hydrogen-bond acceptors (Lipinski definition) is 6. The standard InChI is InChI=1S/C9H7N5O4/c15-6-3-4(9(17)18)1-2-5(6)10-8(16)7-11-13-14-12-7/h1-3,15H,(H,10,16)(H,17,18)(H,11,12,13,14). The molecule has 18 heavy (non-hydrogen) atoms. The molecule has 1 aromatic carbocycles. The van der Waals surface area contributed by atoms with Crippen LogP contribution in [0.4, 0.5) is 5.69 Å². The molecule has 0 unspecified atom stereocenters. The van der Waals surface area contributed by atoms with Crippen LogP contribution < -0.4 is 5.32 Å². The third kappa shape index (κ3) is 2.24. The highest BCUT2D eigenvalue weighted by Crippen LogP contribution is 2.24. The van der Waals surface area contributed by atoms with E-state index in [0.29, 0.717) is 0 Å². The zero-order valence-corrected chi connectivity index (χ0v) is 8.78. The summed E-state index contributed by atoms with van der Waals surface area (Å²) in [6.45, 7) is 0. The van der Waals surface area contributed by atoms with Crippen LogP contribution in [-0.2, 0) is 0 Å². The first kappa shape index (κ1) is 11.5. The summed E-state index contributed by atoms with van der Waals surface area (Å²) in [5.41, 5.74) is -0.0418. The van der Waals surface area contributed by atoms with E-state index in [0.717, 1.165) is 6.07 Å². The highest BCUT2D eigenvalue weighted by Gasteiger charge is 2.14. The lowest BCUT2D eigenvalue weighted by Crippen LogP contribution is -2.14. The number of aromatic carboxylic acids is 1. The molecule has 0 saturated heterocycles. The average molecular weight is 249 g/mol. The van der Waals surface area contributed by atoms with Crippen LogP contribution in [0.2, 0.25) is 0 Å². The molecule has 0 radical (unpaired) electrons. The van der Waals surface area contributed by atoms with Gasteiger partial charge in [-0.25, -0.2) is 4.79 Å². The molecular formula is C9H7N5O4. The van der Waals surface area contributed by atoms with Crippen molar-refractivity contribution in [1.82, 2.24) is 20.6 Å². The predicted octanol–water partition coefficient (Wildman–Crippen LogP) is -0.144. The first-order valence-electron chi connectivity index (χ1n) is 4.69.